The number of nitrogens with zero attached hydrogens (tertiary/aromatic N) is 2. The number of rotatable bonds is 4. The Morgan fingerprint density at radius 3 is 2.62 bits per heavy atom. The summed E-state index contributed by atoms with van der Waals surface area (Å²) in [5.74, 6) is 0.676. The number of hydrogen-bond acceptors (Lipinski definition) is 4. The van der Waals surface area contributed by atoms with Crippen LogP contribution in [0, 0.1) is 0 Å². The van der Waals surface area contributed by atoms with Gasteiger partial charge in [0.25, 0.3) is 0 Å². The van der Waals surface area contributed by atoms with Gasteiger partial charge in [-0.2, -0.15) is 0 Å². The van der Waals surface area contributed by atoms with Crippen molar-refractivity contribution in [2.24, 2.45) is 0 Å². The molecule has 0 saturated carbocycles. The molecule has 0 saturated heterocycles. The Kier molecular flexibility index (Phi) is 4.13. The molecule has 1 rings (SSSR count). The number of pyridine rings is 1. The van der Waals surface area contributed by atoms with Crippen molar-refractivity contribution in [2.75, 3.05) is 18.5 Å². The van der Waals surface area contributed by atoms with Crippen molar-refractivity contribution in [2.45, 2.75) is 26.1 Å². The van der Waals surface area contributed by atoms with E-state index >= 15 is 0 Å². The van der Waals surface area contributed by atoms with E-state index in [0.29, 0.717) is 22.9 Å². The molecule has 5 heteroatoms. The fraction of sp³-hybridized carbons (Fsp3) is 0.545. The van der Waals surface area contributed by atoms with E-state index in [1.807, 2.05) is 11.9 Å². The third-order valence-electron chi connectivity index (χ3n) is 2.11. The third-order valence-corrected chi connectivity index (χ3v) is 2.45. The van der Waals surface area contributed by atoms with Crippen LogP contribution >= 0.6 is 11.6 Å². The van der Waals surface area contributed by atoms with E-state index in [4.69, 9.17) is 16.7 Å². The van der Waals surface area contributed by atoms with Crippen molar-refractivity contribution >= 4 is 17.4 Å². The fourth-order valence-corrected chi connectivity index (χ4v) is 1.62. The molecule has 2 N–H and O–H groups in total. The minimum absolute atomic E-state index is 0.120. The van der Waals surface area contributed by atoms with Crippen LogP contribution in [0.1, 0.15) is 19.4 Å². The maximum Gasteiger partial charge on any atom is 0.128 e. The van der Waals surface area contributed by atoms with E-state index in [1.165, 1.54) is 6.20 Å². The van der Waals surface area contributed by atoms with Crippen LogP contribution in [0.5, 0.6) is 0 Å². The van der Waals surface area contributed by atoms with Gasteiger partial charge in [-0.3, -0.25) is 0 Å². The zero-order valence-electron chi connectivity index (χ0n) is 9.74. The summed E-state index contributed by atoms with van der Waals surface area (Å²) in [6.45, 7) is 3.79. The molecule has 16 heavy (non-hydrogen) atoms. The van der Waals surface area contributed by atoms with Gasteiger partial charge in [0.05, 0.1) is 17.2 Å². The molecule has 90 valence electrons. The number of halogens is 1. The highest BCUT2D eigenvalue weighted by Crippen LogP contribution is 2.20. The average molecular weight is 245 g/mol. The monoisotopic (exact) mass is 244 g/mol. The summed E-state index contributed by atoms with van der Waals surface area (Å²) in [4.78, 5) is 5.96. The second-order valence-electron chi connectivity index (χ2n) is 4.46. The smallest absolute Gasteiger partial charge is 0.128 e. The summed E-state index contributed by atoms with van der Waals surface area (Å²) in [6, 6.07) is 1.72. The average Bonchev–Trinajstić information content (AvgIpc) is 2.15. The van der Waals surface area contributed by atoms with Crippen LogP contribution in [-0.4, -0.2) is 34.4 Å². The van der Waals surface area contributed by atoms with E-state index < -0.39 is 5.60 Å². The number of aliphatic hydroxyl groups is 2. The Bertz CT molecular complexity index is 363. The van der Waals surface area contributed by atoms with Gasteiger partial charge in [0.1, 0.15) is 5.82 Å². The Labute approximate surface area is 100 Å². The molecule has 0 radical (unpaired) electrons. The van der Waals surface area contributed by atoms with Gasteiger partial charge >= 0.3 is 0 Å². The van der Waals surface area contributed by atoms with Gasteiger partial charge in [0, 0.05) is 25.4 Å². The molecule has 0 aliphatic carbocycles. The van der Waals surface area contributed by atoms with Gasteiger partial charge in [0.15, 0.2) is 0 Å². The van der Waals surface area contributed by atoms with Crippen LogP contribution in [0.3, 0.4) is 0 Å². The van der Waals surface area contributed by atoms with Gasteiger partial charge in [-0.1, -0.05) is 11.6 Å². The first kappa shape index (κ1) is 13.2. The summed E-state index contributed by atoms with van der Waals surface area (Å²) in [6.07, 6.45) is 1.50. The molecule has 0 aromatic carbocycles. The fourth-order valence-electron chi connectivity index (χ4n) is 1.46. The Morgan fingerprint density at radius 1 is 1.50 bits per heavy atom. The maximum atomic E-state index is 9.69. The molecule has 1 heterocycles. The summed E-state index contributed by atoms with van der Waals surface area (Å²) in [7, 11) is 1.83. The molecule has 1 aromatic rings. The SMILES string of the molecule is CN(CC(C)(C)O)c1cc(CO)c(Cl)cn1. The first-order chi connectivity index (χ1) is 7.33. The van der Waals surface area contributed by atoms with Gasteiger partial charge in [-0.05, 0) is 19.9 Å². The van der Waals surface area contributed by atoms with Gasteiger partial charge in [0.2, 0.25) is 0 Å². The predicted molar refractivity (Wildman–Crippen MR) is 64.7 cm³/mol. The van der Waals surface area contributed by atoms with Crippen LogP contribution in [0.15, 0.2) is 12.3 Å². The molecule has 0 aliphatic heterocycles. The molecule has 0 spiro atoms. The molecule has 0 aliphatic rings. The largest absolute Gasteiger partial charge is 0.392 e. The predicted octanol–water partition coefficient (Wildman–Crippen LogP) is 1.43. The lowest BCUT2D eigenvalue weighted by atomic mass is 10.1. The van der Waals surface area contributed by atoms with Crippen molar-refractivity contribution < 1.29 is 10.2 Å². The quantitative estimate of drug-likeness (QED) is 0.842. The lowest BCUT2D eigenvalue weighted by Crippen LogP contribution is -2.36. The zero-order valence-corrected chi connectivity index (χ0v) is 10.5. The van der Waals surface area contributed by atoms with Crippen LogP contribution in [-0.2, 0) is 6.61 Å². The van der Waals surface area contributed by atoms with Crippen LogP contribution in [0.25, 0.3) is 0 Å². The van der Waals surface area contributed by atoms with Crippen molar-refractivity contribution in [3.63, 3.8) is 0 Å². The second kappa shape index (κ2) is 4.99. The minimum atomic E-state index is -0.796. The van der Waals surface area contributed by atoms with E-state index in [-0.39, 0.29) is 6.61 Å². The molecular weight excluding hydrogens is 228 g/mol. The van der Waals surface area contributed by atoms with Crippen molar-refractivity contribution in [3.05, 3.63) is 22.8 Å². The Hall–Kier alpha value is -0.840. The minimum Gasteiger partial charge on any atom is -0.392 e. The summed E-state index contributed by atoms with van der Waals surface area (Å²) in [5.41, 5.74) is -0.163. The number of likely N-dealkylation sites (N-methyl/N-ethyl adjacent to an activating group) is 1. The molecule has 1 aromatic heterocycles. The van der Waals surface area contributed by atoms with Crippen LogP contribution < -0.4 is 4.90 Å². The van der Waals surface area contributed by atoms with Crippen LogP contribution in [0.4, 0.5) is 5.82 Å². The molecular formula is C11H17ClN2O2. The van der Waals surface area contributed by atoms with Crippen molar-refractivity contribution in [1.82, 2.24) is 4.98 Å². The first-order valence-corrected chi connectivity index (χ1v) is 5.40. The Balaban J connectivity index is 2.88. The maximum absolute atomic E-state index is 9.69. The molecule has 0 amide bonds. The zero-order chi connectivity index (χ0) is 12.3. The van der Waals surface area contributed by atoms with Crippen LogP contribution in [0.2, 0.25) is 5.02 Å². The summed E-state index contributed by atoms with van der Waals surface area (Å²) < 4.78 is 0. The lowest BCUT2D eigenvalue weighted by Gasteiger charge is -2.26. The molecule has 0 bridgehead atoms. The van der Waals surface area contributed by atoms with Gasteiger partial charge in [-0.15, -0.1) is 0 Å². The lowest BCUT2D eigenvalue weighted by molar-refractivity contribution is 0.0884. The highest BCUT2D eigenvalue weighted by atomic mass is 35.5. The highest BCUT2D eigenvalue weighted by Gasteiger charge is 2.17. The normalized spacial score (nSPS) is 11.6. The Morgan fingerprint density at radius 2 is 2.12 bits per heavy atom. The van der Waals surface area contributed by atoms with E-state index in [9.17, 15) is 5.11 Å². The molecule has 0 unspecified atom stereocenters. The van der Waals surface area contributed by atoms with Gasteiger partial charge in [-0.25, -0.2) is 4.98 Å². The summed E-state index contributed by atoms with van der Waals surface area (Å²) in [5, 5.41) is 19.2. The number of aromatic nitrogens is 1. The van der Waals surface area contributed by atoms with Gasteiger partial charge < -0.3 is 15.1 Å². The number of hydrogen-bond donors (Lipinski definition) is 2. The molecule has 4 nitrogen and oxygen atoms in total. The first-order valence-electron chi connectivity index (χ1n) is 5.02. The summed E-state index contributed by atoms with van der Waals surface area (Å²) >= 11 is 5.84. The number of aliphatic hydroxyl groups excluding tert-OH is 1. The molecule has 0 atom stereocenters. The number of anilines is 1. The van der Waals surface area contributed by atoms with E-state index in [2.05, 4.69) is 4.98 Å². The second-order valence-corrected chi connectivity index (χ2v) is 4.87. The van der Waals surface area contributed by atoms with E-state index in [1.54, 1.807) is 19.9 Å². The third kappa shape index (κ3) is 3.63. The van der Waals surface area contributed by atoms with Crippen molar-refractivity contribution in [1.29, 1.82) is 0 Å². The molecule has 0 fully saturated rings. The highest BCUT2D eigenvalue weighted by molar-refractivity contribution is 6.31. The standard InChI is InChI=1S/C11H17ClN2O2/c1-11(2,16)7-14(3)10-4-8(6-15)9(12)5-13-10/h4-5,15-16H,6-7H2,1-3H3. The van der Waals surface area contributed by atoms with E-state index in [0.717, 1.165) is 0 Å². The topological polar surface area (TPSA) is 56.6 Å². The van der Waals surface area contributed by atoms with Crippen molar-refractivity contribution in [3.8, 4) is 0 Å².